The highest BCUT2D eigenvalue weighted by Gasteiger charge is 2.29. The van der Waals surface area contributed by atoms with Gasteiger partial charge in [-0.3, -0.25) is 10.1 Å². The minimum absolute atomic E-state index is 0.0358. The van der Waals surface area contributed by atoms with Gasteiger partial charge in [-0.05, 0) is 37.0 Å². The minimum Gasteiger partial charge on any atom is -0.458 e. The third-order valence-electron chi connectivity index (χ3n) is 4.50. The van der Waals surface area contributed by atoms with Crippen LogP contribution in [-0.2, 0) is 4.74 Å². The first kappa shape index (κ1) is 16.2. The number of esters is 1. The van der Waals surface area contributed by atoms with Crippen LogP contribution in [0.4, 0.5) is 5.69 Å². The molecule has 3 rings (SSSR count). The monoisotopic (exact) mass is 325 g/mol. The number of carbonyl (C=O) groups excluding carboxylic acids is 1. The number of non-ortho nitro benzene ring substituents is 1. The molecule has 5 heteroatoms. The molecule has 24 heavy (non-hydrogen) atoms. The normalized spacial score (nSPS) is 20.3. The number of ether oxygens (including phenoxy) is 1. The maximum absolute atomic E-state index is 12.4. The average Bonchev–Trinajstić information content (AvgIpc) is 2.63. The molecule has 0 spiro atoms. The summed E-state index contributed by atoms with van der Waals surface area (Å²) < 4.78 is 5.74. The van der Waals surface area contributed by atoms with Crippen molar-refractivity contribution >= 4 is 11.7 Å². The van der Waals surface area contributed by atoms with Crippen molar-refractivity contribution in [2.45, 2.75) is 37.7 Å². The summed E-state index contributed by atoms with van der Waals surface area (Å²) in [6.45, 7) is 0. The first-order valence-electron chi connectivity index (χ1n) is 8.15. The van der Waals surface area contributed by atoms with Gasteiger partial charge in [-0.2, -0.15) is 0 Å². The van der Waals surface area contributed by atoms with E-state index in [0.717, 1.165) is 25.7 Å². The first-order valence-corrected chi connectivity index (χ1v) is 8.15. The number of rotatable bonds is 4. The SMILES string of the molecule is O=C(O[C@H]1CCCC[C@@H]1c1ccccc1)c1ccc([N+](=O)[O-])cc1. The third kappa shape index (κ3) is 3.62. The molecule has 5 nitrogen and oxygen atoms in total. The molecule has 2 aromatic rings. The molecule has 124 valence electrons. The topological polar surface area (TPSA) is 69.4 Å². The Hall–Kier alpha value is -2.69. The Morgan fingerprint density at radius 1 is 1.00 bits per heavy atom. The number of nitro benzene ring substituents is 1. The van der Waals surface area contributed by atoms with E-state index in [4.69, 9.17) is 4.74 Å². The number of hydrogen-bond donors (Lipinski definition) is 0. The zero-order valence-electron chi connectivity index (χ0n) is 13.3. The highest BCUT2D eigenvalue weighted by molar-refractivity contribution is 5.89. The van der Waals surface area contributed by atoms with Gasteiger partial charge in [-0.15, -0.1) is 0 Å². The zero-order valence-corrected chi connectivity index (χ0v) is 13.3. The zero-order chi connectivity index (χ0) is 16.9. The van der Waals surface area contributed by atoms with Gasteiger partial charge in [0.1, 0.15) is 6.10 Å². The molecule has 1 saturated carbocycles. The minimum atomic E-state index is -0.484. The van der Waals surface area contributed by atoms with Crippen LogP contribution in [0.15, 0.2) is 54.6 Å². The van der Waals surface area contributed by atoms with Crippen LogP contribution in [0.1, 0.15) is 47.5 Å². The molecule has 1 aliphatic carbocycles. The molecule has 1 fully saturated rings. The Morgan fingerprint density at radius 3 is 2.33 bits per heavy atom. The maximum atomic E-state index is 12.4. The van der Waals surface area contributed by atoms with Gasteiger partial charge in [-0.1, -0.05) is 36.8 Å². The molecule has 0 heterocycles. The molecule has 0 unspecified atom stereocenters. The third-order valence-corrected chi connectivity index (χ3v) is 4.50. The van der Waals surface area contributed by atoms with Crippen LogP contribution in [0.5, 0.6) is 0 Å². The van der Waals surface area contributed by atoms with Crippen LogP contribution in [0.2, 0.25) is 0 Å². The number of benzene rings is 2. The van der Waals surface area contributed by atoms with E-state index in [1.807, 2.05) is 18.2 Å². The van der Waals surface area contributed by atoms with E-state index in [1.54, 1.807) is 0 Å². The Kier molecular flexibility index (Phi) is 4.89. The van der Waals surface area contributed by atoms with Crippen molar-refractivity contribution < 1.29 is 14.5 Å². The fourth-order valence-electron chi connectivity index (χ4n) is 3.24. The highest BCUT2D eigenvalue weighted by Crippen LogP contribution is 2.35. The van der Waals surface area contributed by atoms with Crippen LogP contribution in [0, 0.1) is 10.1 Å². The van der Waals surface area contributed by atoms with Gasteiger partial charge in [0.2, 0.25) is 0 Å². The molecule has 2 atom stereocenters. The van der Waals surface area contributed by atoms with Crippen molar-refractivity contribution in [2.24, 2.45) is 0 Å². The largest absolute Gasteiger partial charge is 0.458 e. The molecule has 1 aliphatic rings. The van der Waals surface area contributed by atoms with E-state index >= 15 is 0 Å². The lowest BCUT2D eigenvalue weighted by molar-refractivity contribution is -0.384. The molecule has 0 amide bonds. The van der Waals surface area contributed by atoms with E-state index < -0.39 is 10.9 Å². The quantitative estimate of drug-likeness (QED) is 0.472. The van der Waals surface area contributed by atoms with Crippen molar-refractivity contribution in [1.29, 1.82) is 0 Å². The Morgan fingerprint density at radius 2 is 1.67 bits per heavy atom. The Labute approximate surface area is 140 Å². The van der Waals surface area contributed by atoms with Gasteiger partial charge < -0.3 is 4.74 Å². The summed E-state index contributed by atoms with van der Waals surface area (Å²) in [7, 11) is 0. The summed E-state index contributed by atoms with van der Waals surface area (Å²) in [6.07, 6.45) is 3.87. The van der Waals surface area contributed by atoms with Crippen molar-refractivity contribution in [3.63, 3.8) is 0 Å². The predicted molar refractivity (Wildman–Crippen MR) is 90.0 cm³/mol. The number of nitrogens with zero attached hydrogens (tertiary/aromatic N) is 1. The second-order valence-corrected chi connectivity index (χ2v) is 6.05. The van der Waals surface area contributed by atoms with E-state index in [9.17, 15) is 14.9 Å². The van der Waals surface area contributed by atoms with Crippen molar-refractivity contribution in [1.82, 2.24) is 0 Å². The number of nitro groups is 1. The predicted octanol–water partition coefficient (Wildman–Crippen LogP) is 4.48. The average molecular weight is 325 g/mol. The van der Waals surface area contributed by atoms with Crippen molar-refractivity contribution in [3.05, 3.63) is 75.8 Å². The van der Waals surface area contributed by atoms with Gasteiger partial charge in [-0.25, -0.2) is 4.79 Å². The second kappa shape index (κ2) is 7.25. The Bertz CT molecular complexity index is 712. The van der Waals surface area contributed by atoms with Gasteiger partial charge >= 0.3 is 5.97 Å². The van der Waals surface area contributed by atoms with Crippen LogP contribution in [0.3, 0.4) is 0 Å². The first-order chi connectivity index (χ1) is 11.6. The van der Waals surface area contributed by atoms with Crippen LogP contribution in [0.25, 0.3) is 0 Å². The molecular formula is C19H19NO4. The van der Waals surface area contributed by atoms with Crippen LogP contribution < -0.4 is 0 Å². The lowest BCUT2D eigenvalue weighted by Gasteiger charge is -2.31. The fourth-order valence-corrected chi connectivity index (χ4v) is 3.24. The molecule has 0 saturated heterocycles. The van der Waals surface area contributed by atoms with E-state index in [1.165, 1.54) is 29.8 Å². The lowest BCUT2D eigenvalue weighted by Crippen LogP contribution is -2.28. The van der Waals surface area contributed by atoms with E-state index in [-0.39, 0.29) is 17.7 Å². The van der Waals surface area contributed by atoms with Gasteiger partial charge in [0, 0.05) is 18.1 Å². The second-order valence-electron chi connectivity index (χ2n) is 6.05. The van der Waals surface area contributed by atoms with Crippen LogP contribution in [-0.4, -0.2) is 17.0 Å². The lowest BCUT2D eigenvalue weighted by atomic mass is 9.81. The van der Waals surface area contributed by atoms with Crippen molar-refractivity contribution in [3.8, 4) is 0 Å². The summed E-state index contributed by atoms with van der Waals surface area (Å²) in [5, 5.41) is 10.7. The molecule has 0 N–H and O–H groups in total. The number of hydrogen-bond acceptors (Lipinski definition) is 4. The maximum Gasteiger partial charge on any atom is 0.338 e. The Balaban J connectivity index is 1.73. The smallest absolute Gasteiger partial charge is 0.338 e. The molecule has 0 bridgehead atoms. The summed E-state index contributed by atoms with van der Waals surface area (Å²) in [5.74, 6) is -0.209. The summed E-state index contributed by atoms with van der Waals surface area (Å²) >= 11 is 0. The van der Waals surface area contributed by atoms with E-state index in [2.05, 4.69) is 12.1 Å². The molecular weight excluding hydrogens is 306 g/mol. The highest BCUT2D eigenvalue weighted by atomic mass is 16.6. The van der Waals surface area contributed by atoms with Gasteiger partial charge in [0.05, 0.1) is 10.5 Å². The van der Waals surface area contributed by atoms with Gasteiger partial charge in [0.25, 0.3) is 5.69 Å². The molecule has 0 aromatic heterocycles. The summed E-state index contributed by atoms with van der Waals surface area (Å²) in [5.41, 5.74) is 1.50. The van der Waals surface area contributed by atoms with Crippen LogP contribution >= 0.6 is 0 Å². The van der Waals surface area contributed by atoms with E-state index in [0.29, 0.717) is 5.56 Å². The fraction of sp³-hybridized carbons (Fsp3) is 0.316. The van der Waals surface area contributed by atoms with Crippen molar-refractivity contribution in [2.75, 3.05) is 0 Å². The van der Waals surface area contributed by atoms with Gasteiger partial charge in [0.15, 0.2) is 0 Å². The summed E-state index contributed by atoms with van der Waals surface area (Å²) in [4.78, 5) is 22.6. The molecule has 0 aliphatic heterocycles. The summed E-state index contributed by atoms with van der Waals surface area (Å²) in [6, 6.07) is 15.7. The number of carbonyl (C=O) groups is 1. The molecule has 0 radical (unpaired) electrons. The molecule has 2 aromatic carbocycles. The standard InChI is InChI=1S/C19H19NO4/c21-19(15-10-12-16(13-11-15)20(22)23)24-18-9-5-4-8-17(18)14-6-2-1-3-7-14/h1-3,6-7,10-13,17-18H,4-5,8-9H2/t17-,18+/m1/s1.